The minimum absolute atomic E-state index is 0.0944. The molecule has 0 aromatic heterocycles. The predicted molar refractivity (Wildman–Crippen MR) is 41.9 cm³/mol. The highest BCUT2D eigenvalue weighted by Crippen LogP contribution is 2.28. The van der Waals surface area contributed by atoms with Crippen LogP contribution in [0.1, 0.15) is 26.2 Å². The van der Waals surface area contributed by atoms with Crippen molar-refractivity contribution in [3.05, 3.63) is 0 Å². The lowest BCUT2D eigenvalue weighted by atomic mass is 9.93. The van der Waals surface area contributed by atoms with E-state index in [2.05, 4.69) is 0 Å². The predicted octanol–water partition coefficient (Wildman–Crippen LogP) is 0.391. The van der Waals surface area contributed by atoms with E-state index in [0.29, 0.717) is 6.42 Å². The molecule has 0 radical (unpaired) electrons. The first kappa shape index (κ1) is 9.48. The summed E-state index contributed by atoms with van der Waals surface area (Å²) in [5, 5.41) is 17.6. The molecule has 2 N–H and O–H groups in total. The second kappa shape index (κ2) is 3.41. The van der Waals surface area contributed by atoms with Gasteiger partial charge in [0.05, 0.1) is 12.7 Å². The van der Waals surface area contributed by atoms with E-state index in [0.717, 1.165) is 12.8 Å². The third kappa shape index (κ3) is 1.76. The van der Waals surface area contributed by atoms with E-state index in [1.165, 1.54) is 0 Å². The molecule has 0 saturated carbocycles. The molecule has 0 bridgehead atoms. The normalized spacial score (nSPS) is 36.3. The summed E-state index contributed by atoms with van der Waals surface area (Å²) in [6.45, 7) is 1.46. The van der Waals surface area contributed by atoms with Crippen molar-refractivity contribution < 1.29 is 19.7 Å². The summed E-state index contributed by atoms with van der Waals surface area (Å²) < 4.78 is 5.23. The molecule has 0 spiro atoms. The van der Waals surface area contributed by atoms with Gasteiger partial charge in [0.1, 0.15) is 0 Å². The van der Waals surface area contributed by atoms with Gasteiger partial charge >= 0.3 is 5.97 Å². The van der Waals surface area contributed by atoms with Crippen molar-refractivity contribution in [2.24, 2.45) is 0 Å². The smallest absolute Gasteiger partial charge is 0.335 e. The monoisotopic (exact) mass is 174 g/mol. The summed E-state index contributed by atoms with van der Waals surface area (Å²) in [6.07, 6.45) is 1.77. The van der Waals surface area contributed by atoms with Gasteiger partial charge in [-0.3, -0.25) is 0 Å². The number of carbonyl (C=O) groups is 1. The first-order valence-corrected chi connectivity index (χ1v) is 4.10. The fourth-order valence-electron chi connectivity index (χ4n) is 1.44. The zero-order valence-electron chi connectivity index (χ0n) is 7.12. The van der Waals surface area contributed by atoms with Gasteiger partial charge in [-0.25, -0.2) is 4.79 Å². The zero-order valence-corrected chi connectivity index (χ0v) is 7.12. The molecular formula is C8H14O4. The Kier molecular flexibility index (Phi) is 2.69. The molecule has 1 aliphatic rings. The molecule has 1 rings (SSSR count). The van der Waals surface area contributed by atoms with Gasteiger partial charge in [-0.1, -0.05) is 0 Å². The Bertz CT molecular complexity index is 180. The molecule has 0 aromatic carbocycles. The molecular weight excluding hydrogens is 160 g/mol. The molecule has 4 nitrogen and oxygen atoms in total. The van der Waals surface area contributed by atoms with Crippen LogP contribution in [0.25, 0.3) is 0 Å². The number of ether oxygens (including phenoxy) is 1. The molecule has 0 amide bonds. The third-order valence-corrected chi connectivity index (χ3v) is 2.26. The molecule has 4 heteroatoms. The number of aliphatic hydroxyl groups excluding tert-OH is 1. The van der Waals surface area contributed by atoms with E-state index >= 15 is 0 Å². The van der Waals surface area contributed by atoms with E-state index < -0.39 is 11.6 Å². The minimum atomic E-state index is -1.09. The lowest BCUT2D eigenvalue weighted by Crippen LogP contribution is -2.45. The third-order valence-electron chi connectivity index (χ3n) is 2.26. The van der Waals surface area contributed by atoms with Crippen molar-refractivity contribution in [3.63, 3.8) is 0 Å². The topological polar surface area (TPSA) is 66.8 Å². The summed E-state index contributed by atoms with van der Waals surface area (Å²) in [5.41, 5.74) is -1.09. The van der Waals surface area contributed by atoms with Crippen LogP contribution in [0.4, 0.5) is 0 Å². The summed E-state index contributed by atoms with van der Waals surface area (Å²) in [4.78, 5) is 10.7. The Morgan fingerprint density at radius 1 is 1.75 bits per heavy atom. The minimum Gasteiger partial charge on any atom is -0.479 e. The van der Waals surface area contributed by atoms with E-state index in [4.69, 9.17) is 14.9 Å². The van der Waals surface area contributed by atoms with Crippen LogP contribution in [-0.4, -0.2) is 34.5 Å². The van der Waals surface area contributed by atoms with E-state index in [-0.39, 0.29) is 12.7 Å². The van der Waals surface area contributed by atoms with Gasteiger partial charge in [0.2, 0.25) is 0 Å². The quantitative estimate of drug-likeness (QED) is 0.635. The van der Waals surface area contributed by atoms with Gasteiger partial charge in [-0.15, -0.1) is 0 Å². The van der Waals surface area contributed by atoms with Crippen LogP contribution in [-0.2, 0) is 9.53 Å². The fourth-order valence-corrected chi connectivity index (χ4v) is 1.44. The summed E-state index contributed by atoms with van der Waals surface area (Å²) in [7, 11) is 0. The summed E-state index contributed by atoms with van der Waals surface area (Å²) in [6, 6.07) is 0. The number of aliphatic carboxylic acids is 1. The first-order valence-electron chi connectivity index (χ1n) is 4.10. The van der Waals surface area contributed by atoms with Crippen LogP contribution in [0.2, 0.25) is 0 Å². The lowest BCUT2D eigenvalue weighted by molar-refractivity contribution is -0.183. The van der Waals surface area contributed by atoms with Gasteiger partial charge in [0.25, 0.3) is 0 Å². The molecule has 1 unspecified atom stereocenters. The maximum atomic E-state index is 10.7. The van der Waals surface area contributed by atoms with Gasteiger partial charge in [0.15, 0.2) is 5.60 Å². The Morgan fingerprint density at radius 3 is 2.92 bits per heavy atom. The number of hydrogen-bond donors (Lipinski definition) is 2. The molecule has 12 heavy (non-hydrogen) atoms. The van der Waals surface area contributed by atoms with E-state index in [1.807, 2.05) is 0 Å². The van der Waals surface area contributed by atoms with Crippen LogP contribution < -0.4 is 0 Å². The average molecular weight is 174 g/mol. The molecule has 2 atom stereocenters. The average Bonchev–Trinajstić information content (AvgIpc) is 2.04. The van der Waals surface area contributed by atoms with Gasteiger partial charge < -0.3 is 14.9 Å². The van der Waals surface area contributed by atoms with Crippen molar-refractivity contribution in [1.82, 2.24) is 0 Å². The first-order chi connectivity index (χ1) is 5.58. The largest absolute Gasteiger partial charge is 0.479 e. The van der Waals surface area contributed by atoms with Gasteiger partial charge in [-0.05, 0) is 26.2 Å². The molecule has 0 aromatic rings. The van der Waals surface area contributed by atoms with Crippen LogP contribution in [0, 0.1) is 0 Å². The van der Waals surface area contributed by atoms with Gasteiger partial charge in [-0.2, -0.15) is 0 Å². The van der Waals surface area contributed by atoms with Crippen molar-refractivity contribution in [1.29, 1.82) is 0 Å². The molecule has 1 saturated heterocycles. The lowest BCUT2D eigenvalue weighted by Gasteiger charge is -2.34. The summed E-state index contributed by atoms with van der Waals surface area (Å²) >= 11 is 0. The second-order valence-electron chi connectivity index (χ2n) is 3.35. The number of aliphatic hydroxyl groups is 1. The number of carboxylic acid groups (broad SMARTS) is 1. The van der Waals surface area contributed by atoms with Crippen molar-refractivity contribution in [3.8, 4) is 0 Å². The number of hydrogen-bond acceptors (Lipinski definition) is 3. The molecule has 1 aliphatic heterocycles. The Hall–Kier alpha value is -0.610. The molecule has 70 valence electrons. The maximum Gasteiger partial charge on any atom is 0.335 e. The highest BCUT2D eigenvalue weighted by atomic mass is 16.5. The van der Waals surface area contributed by atoms with Crippen LogP contribution in [0.5, 0.6) is 0 Å². The van der Waals surface area contributed by atoms with Crippen molar-refractivity contribution in [2.75, 3.05) is 6.61 Å². The van der Waals surface area contributed by atoms with Crippen LogP contribution >= 0.6 is 0 Å². The fraction of sp³-hybridized carbons (Fsp3) is 0.875. The number of carboxylic acids is 1. The molecule has 1 fully saturated rings. The van der Waals surface area contributed by atoms with E-state index in [1.54, 1.807) is 6.92 Å². The van der Waals surface area contributed by atoms with E-state index in [9.17, 15) is 4.79 Å². The standard InChI is InChI=1S/C8H14O4/c1-8(7(10)11)4-2-3-6(5-9)12-8/h6,9H,2-5H2,1H3,(H,10,11)/t6-,8?/m1/s1. The second-order valence-corrected chi connectivity index (χ2v) is 3.35. The SMILES string of the molecule is CC1(C(=O)O)CCC[C@H](CO)O1. The molecule has 1 heterocycles. The number of rotatable bonds is 2. The summed E-state index contributed by atoms with van der Waals surface area (Å²) in [5.74, 6) is -0.944. The van der Waals surface area contributed by atoms with Gasteiger partial charge in [0, 0.05) is 0 Å². The van der Waals surface area contributed by atoms with Crippen LogP contribution in [0.3, 0.4) is 0 Å². The van der Waals surface area contributed by atoms with Crippen molar-refractivity contribution >= 4 is 5.97 Å². The maximum absolute atomic E-state index is 10.7. The van der Waals surface area contributed by atoms with Crippen molar-refractivity contribution in [2.45, 2.75) is 37.9 Å². The van der Waals surface area contributed by atoms with Crippen LogP contribution in [0.15, 0.2) is 0 Å². The Labute approximate surface area is 71.2 Å². The Balaban J connectivity index is 2.61. The highest BCUT2D eigenvalue weighted by Gasteiger charge is 2.39. The highest BCUT2D eigenvalue weighted by molar-refractivity contribution is 5.77. The zero-order chi connectivity index (χ0) is 9.19. The Morgan fingerprint density at radius 2 is 2.42 bits per heavy atom. The molecule has 0 aliphatic carbocycles.